The van der Waals surface area contributed by atoms with Gasteiger partial charge in [0.25, 0.3) is 0 Å². The maximum absolute atomic E-state index is 4.44. The quantitative estimate of drug-likeness (QED) is 0.373. The SMILES string of the molecule is CCCn1cc(C[Si](C)(C)C)[n+](C)n1.[I-]. The fraction of sp³-hybridized carbons (Fsp3) is 0.800. The van der Waals surface area contributed by atoms with Crippen LogP contribution in [0.3, 0.4) is 0 Å². The molecule has 5 heteroatoms. The molecule has 0 aliphatic heterocycles. The summed E-state index contributed by atoms with van der Waals surface area (Å²) in [5.41, 5.74) is 1.37. The van der Waals surface area contributed by atoms with Gasteiger partial charge < -0.3 is 24.0 Å². The first-order valence-electron chi connectivity index (χ1n) is 5.35. The molecular formula is C10H22IN3Si. The molecule has 0 atom stereocenters. The minimum Gasteiger partial charge on any atom is -1.00 e. The predicted octanol–water partition coefficient (Wildman–Crippen LogP) is -1.46. The average Bonchev–Trinajstić information content (AvgIpc) is 2.29. The van der Waals surface area contributed by atoms with Crippen LogP contribution in [-0.4, -0.2) is 18.0 Å². The van der Waals surface area contributed by atoms with Crippen LogP contribution < -0.4 is 28.7 Å². The van der Waals surface area contributed by atoms with Crippen molar-refractivity contribution in [3.63, 3.8) is 0 Å². The number of nitrogens with zero attached hydrogens (tertiary/aromatic N) is 3. The van der Waals surface area contributed by atoms with Crippen molar-refractivity contribution >= 4 is 8.07 Å². The molecule has 1 aromatic rings. The highest BCUT2D eigenvalue weighted by Gasteiger charge is 2.21. The van der Waals surface area contributed by atoms with Crippen molar-refractivity contribution in [2.75, 3.05) is 0 Å². The number of aromatic nitrogens is 3. The second-order valence-electron chi connectivity index (χ2n) is 5.13. The normalized spacial score (nSPS) is 11.3. The Bertz CT molecular complexity index is 304. The van der Waals surface area contributed by atoms with Crippen LogP contribution in [0.4, 0.5) is 0 Å². The molecule has 0 saturated heterocycles. The molecule has 0 radical (unpaired) electrons. The van der Waals surface area contributed by atoms with Crippen molar-refractivity contribution in [1.82, 2.24) is 9.90 Å². The van der Waals surface area contributed by atoms with E-state index in [0.717, 1.165) is 13.0 Å². The number of hydrogen-bond donors (Lipinski definition) is 0. The average molecular weight is 339 g/mol. The molecule has 0 bridgehead atoms. The topological polar surface area (TPSA) is 21.7 Å². The van der Waals surface area contributed by atoms with E-state index in [2.05, 4.69) is 42.7 Å². The number of hydrogen-bond acceptors (Lipinski definition) is 1. The summed E-state index contributed by atoms with van der Waals surface area (Å²) in [6, 6.07) is 1.22. The highest BCUT2D eigenvalue weighted by atomic mass is 127. The first kappa shape index (κ1) is 15.1. The molecule has 1 rings (SSSR count). The van der Waals surface area contributed by atoms with Crippen molar-refractivity contribution in [2.45, 2.75) is 45.6 Å². The maximum Gasteiger partial charge on any atom is 0.164 e. The maximum atomic E-state index is 4.44. The zero-order valence-electron chi connectivity index (χ0n) is 10.4. The van der Waals surface area contributed by atoms with Gasteiger partial charge in [0.05, 0.1) is 13.3 Å². The lowest BCUT2D eigenvalue weighted by Crippen LogP contribution is -3.00. The summed E-state index contributed by atoms with van der Waals surface area (Å²) < 4.78 is 4.07. The Hall–Kier alpha value is 0.0869. The van der Waals surface area contributed by atoms with E-state index in [1.165, 1.54) is 11.7 Å². The van der Waals surface area contributed by atoms with Gasteiger partial charge in [0.1, 0.15) is 13.6 Å². The lowest BCUT2D eigenvalue weighted by Gasteiger charge is -2.11. The van der Waals surface area contributed by atoms with Gasteiger partial charge in [-0.05, 0) is 6.42 Å². The standard InChI is InChI=1S/C10H22N3Si.HI/c1-6-7-13-8-10(12(2)11-13)9-14(3,4)5;/h8H,6-7,9H2,1-5H3;1H/q+1;/p-1. The number of halogens is 1. The first-order chi connectivity index (χ1) is 6.42. The zero-order valence-corrected chi connectivity index (χ0v) is 13.6. The Labute approximate surface area is 111 Å². The van der Waals surface area contributed by atoms with Gasteiger partial charge in [-0.25, -0.2) is 0 Å². The third kappa shape index (κ3) is 5.10. The van der Waals surface area contributed by atoms with E-state index in [1.54, 1.807) is 0 Å². The van der Waals surface area contributed by atoms with Crippen molar-refractivity contribution in [1.29, 1.82) is 0 Å². The summed E-state index contributed by atoms with van der Waals surface area (Å²) in [6.45, 7) is 10.4. The monoisotopic (exact) mass is 339 g/mol. The minimum atomic E-state index is -1.01. The van der Waals surface area contributed by atoms with Crippen LogP contribution in [0.2, 0.25) is 19.6 Å². The highest BCUT2D eigenvalue weighted by Crippen LogP contribution is 2.07. The molecule has 0 aliphatic rings. The minimum absolute atomic E-state index is 0. The molecule has 1 heterocycles. The van der Waals surface area contributed by atoms with E-state index in [4.69, 9.17) is 0 Å². The Kier molecular flexibility index (Phi) is 6.01. The van der Waals surface area contributed by atoms with E-state index in [9.17, 15) is 0 Å². The molecule has 0 amide bonds. The summed E-state index contributed by atoms with van der Waals surface area (Å²) in [4.78, 5) is 0. The van der Waals surface area contributed by atoms with Gasteiger partial charge in [0, 0.05) is 6.04 Å². The molecule has 0 spiro atoms. The van der Waals surface area contributed by atoms with Gasteiger partial charge in [-0.3, -0.25) is 0 Å². The molecule has 88 valence electrons. The largest absolute Gasteiger partial charge is 1.00 e. The fourth-order valence-corrected chi connectivity index (χ4v) is 2.96. The number of aryl methyl sites for hydroxylation is 2. The molecule has 0 unspecified atom stereocenters. The Balaban J connectivity index is 0.00000196. The van der Waals surface area contributed by atoms with E-state index in [0.29, 0.717) is 0 Å². The second-order valence-corrected chi connectivity index (χ2v) is 10.6. The molecule has 0 N–H and O–H groups in total. The Morgan fingerprint density at radius 1 is 1.40 bits per heavy atom. The van der Waals surface area contributed by atoms with E-state index < -0.39 is 8.07 Å². The molecule has 15 heavy (non-hydrogen) atoms. The van der Waals surface area contributed by atoms with E-state index in [1.807, 2.05) is 11.7 Å². The molecule has 1 aromatic heterocycles. The van der Waals surface area contributed by atoms with Crippen LogP contribution in [-0.2, 0) is 19.6 Å². The van der Waals surface area contributed by atoms with Crippen LogP contribution in [0.1, 0.15) is 19.0 Å². The third-order valence-electron chi connectivity index (χ3n) is 2.13. The number of rotatable bonds is 4. The van der Waals surface area contributed by atoms with E-state index in [-0.39, 0.29) is 24.0 Å². The molecular weight excluding hydrogens is 317 g/mol. The van der Waals surface area contributed by atoms with Crippen molar-refractivity contribution in [3.8, 4) is 0 Å². The van der Waals surface area contributed by atoms with Crippen LogP contribution in [0.15, 0.2) is 6.20 Å². The summed E-state index contributed by atoms with van der Waals surface area (Å²) in [6.07, 6.45) is 3.34. The van der Waals surface area contributed by atoms with Gasteiger partial charge in [0.2, 0.25) is 0 Å². The summed E-state index contributed by atoms with van der Waals surface area (Å²) >= 11 is 0. The van der Waals surface area contributed by atoms with Crippen molar-refractivity contribution in [2.24, 2.45) is 7.05 Å². The summed E-state index contributed by atoms with van der Waals surface area (Å²) in [5, 5.41) is 4.44. The lowest BCUT2D eigenvalue weighted by molar-refractivity contribution is -0.738. The third-order valence-corrected chi connectivity index (χ3v) is 3.55. The highest BCUT2D eigenvalue weighted by molar-refractivity contribution is 6.75. The molecule has 0 saturated carbocycles. The first-order valence-corrected chi connectivity index (χ1v) is 9.06. The Morgan fingerprint density at radius 3 is 2.47 bits per heavy atom. The van der Waals surface area contributed by atoms with Gasteiger partial charge in [-0.2, -0.15) is 0 Å². The zero-order chi connectivity index (χ0) is 10.8. The van der Waals surface area contributed by atoms with Crippen LogP contribution >= 0.6 is 0 Å². The molecule has 0 aliphatic carbocycles. The lowest BCUT2D eigenvalue weighted by atomic mass is 10.5. The van der Waals surface area contributed by atoms with Crippen LogP contribution in [0.5, 0.6) is 0 Å². The second kappa shape index (κ2) is 5.98. The van der Waals surface area contributed by atoms with Gasteiger partial charge in [-0.1, -0.05) is 26.6 Å². The van der Waals surface area contributed by atoms with Crippen LogP contribution in [0, 0.1) is 0 Å². The molecule has 3 nitrogen and oxygen atoms in total. The van der Waals surface area contributed by atoms with Crippen molar-refractivity contribution in [3.05, 3.63) is 11.9 Å². The summed E-state index contributed by atoms with van der Waals surface area (Å²) in [7, 11) is 1.03. The van der Waals surface area contributed by atoms with Gasteiger partial charge >= 0.3 is 0 Å². The smallest absolute Gasteiger partial charge is 0.164 e. The van der Waals surface area contributed by atoms with Gasteiger partial charge in [0.15, 0.2) is 11.9 Å². The summed E-state index contributed by atoms with van der Waals surface area (Å²) in [5.74, 6) is 0. The van der Waals surface area contributed by atoms with Crippen molar-refractivity contribution < 1.29 is 28.7 Å². The molecule has 0 aromatic carbocycles. The predicted molar refractivity (Wildman–Crippen MR) is 60.7 cm³/mol. The molecule has 0 fully saturated rings. The fourth-order valence-electron chi connectivity index (χ4n) is 1.55. The van der Waals surface area contributed by atoms with E-state index >= 15 is 0 Å². The van der Waals surface area contributed by atoms with Crippen LogP contribution in [0.25, 0.3) is 0 Å². The Morgan fingerprint density at radius 2 is 2.00 bits per heavy atom. The van der Waals surface area contributed by atoms with Gasteiger partial charge in [-0.15, -0.1) is 9.36 Å².